The maximum atomic E-state index is 11.8. The standard InChI is InChI=1S/C18H15BrO3S/c1-13(20)22-23(18-6-3-2-5-16(18)21)12-4-7-17(23)14-8-10-15(19)11-9-14/h2-12,21H,1H3. The number of phenols is 1. The molecule has 3 rings (SSSR count). The van der Waals surface area contributed by atoms with Crippen molar-refractivity contribution in [1.82, 2.24) is 0 Å². The molecular formula is C18H15BrO3S. The Hall–Kier alpha value is -1.98. The Morgan fingerprint density at radius 1 is 1.13 bits per heavy atom. The number of benzene rings is 2. The van der Waals surface area contributed by atoms with Crippen molar-refractivity contribution in [2.45, 2.75) is 11.8 Å². The fraction of sp³-hybridized carbons (Fsp3) is 0.0556. The monoisotopic (exact) mass is 390 g/mol. The normalized spacial score (nSPS) is 22.3. The van der Waals surface area contributed by atoms with Crippen molar-refractivity contribution in [3.05, 3.63) is 76.1 Å². The van der Waals surface area contributed by atoms with Crippen LogP contribution >= 0.6 is 26.2 Å². The summed E-state index contributed by atoms with van der Waals surface area (Å²) < 4.78 is 6.76. The zero-order valence-electron chi connectivity index (χ0n) is 12.4. The number of hydrogen-bond acceptors (Lipinski definition) is 3. The first-order valence-corrected chi connectivity index (χ1v) is 9.40. The van der Waals surface area contributed by atoms with Gasteiger partial charge < -0.3 is 9.29 Å². The molecule has 1 unspecified atom stereocenters. The Kier molecular flexibility index (Phi) is 4.33. The van der Waals surface area contributed by atoms with E-state index in [-0.39, 0.29) is 11.7 Å². The Morgan fingerprint density at radius 2 is 1.83 bits per heavy atom. The van der Waals surface area contributed by atoms with Crippen molar-refractivity contribution in [2.75, 3.05) is 0 Å². The summed E-state index contributed by atoms with van der Waals surface area (Å²) in [6.07, 6.45) is 3.82. The Balaban J connectivity index is 2.17. The Labute approximate surface area is 144 Å². The number of hydrogen-bond donors (Lipinski definition) is 1. The van der Waals surface area contributed by atoms with Gasteiger partial charge in [-0.3, -0.25) is 4.79 Å². The van der Waals surface area contributed by atoms with Gasteiger partial charge in [-0.15, -0.1) is 0 Å². The number of aromatic hydroxyl groups is 1. The maximum absolute atomic E-state index is 11.8. The van der Waals surface area contributed by atoms with Gasteiger partial charge in [-0.1, -0.05) is 46.3 Å². The van der Waals surface area contributed by atoms with E-state index in [1.54, 1.807) is 18.2 Å². The summed E-state index contributed by atoms with van der Waals surface area (Å²) in [7, 11) is -2.21. The minimum atomic E-state index is -2.21. The zero-order chi connectivity index (χ0) is 16.4. The summed E-state index contributed by atoms with van der Waals surface area (Å²) in [6, 6.07) is 14.8. The molecule has 23 heavy (non-hydrogen) atoms. The molecule has 1 aliphatic rings. The molecule has 2 aromatic carbocycles. The summed E-state index contributed by atoms with van der Waals surface area (Å²) in [5, 5.41) is 12.2. The minimum Gasteiger partial charge on any atom is -0.507 e. The molecule has 0 spiro atoms. The van der Waals surface area contributed by atoms with Gasteiger partial charge in [0, 0.05) is 16.3 Å². The van der Waals surface area contributed by atoms with E-state index in [4.69, 9.17) is 4.18 Å². The molecule has 0 bridgehead atoms. The van der Waals surface area contributed by atoms with Crippen LogP contribution in [0.3, 0.4) is 0 Å². The molecule has 1 aliphatic heterocycles. The van der Waals surface area contributed by atoms with Crippen LogP contribution in [0.15, 0.2) is 75.5 Å². The predicted molar refractivity (Wildman–Crippen MR) is 97.0 cm³/mol. The van der Waals surface area contributed by atoms with E-state index >= 15 is 0 Å². The second-order valence-corrected chi connectivity index (χ2v) is 8.45. The van der Waals surface area contributed by atoms with Crippen LogP contribution in [-0.4, -0.2) is 11.1 Å². The maximum Gasteiger partial charge on any atom is 0.313 e. The molecule has 0 saturated heterocycles. The second-order valence-electron chi connectivity index (χ2n) is 5.01. The van der Waals surface area contributed by atoms with Crippen molar-refractivity contribution in [3.63, 3.8) is 0 Å². The summed E-state index contributed by atoms with van der Waals surface area (Å²) in [5.41, 5.74) is 0.956. The number of halogens is 1. The van der Waals surface area contributed by atoms with Gasteiger partial charge in [0.25, 0.3) is 0 Å². The van der Waals surface area contributed by atoms with Crippen LogP contribution in [0, 0.1) is 0 Å². The second kappa shape index (κ2) is 6.26. The van der Waals surface area contributed by atoms with Crippen LogP contribution in [0.4, 0.5) is 0 Å². The number of allylic oxidation sites excluding steroid dienone is 2. The molecule has 1 atom stereocenters. The number of carbonyl (C=O) groups is 1. The van der Waals surface area contributed by atoms with Crippen molar-refractivity contribution in [1.29, 1.82) is 0 Å². The van der Waals surface area contributed by atoms with Crippen molar-refractivity contribution >= 4 is 37.1 Å². The molecule has 118 valence electrons. The zero-order valence-corrected chi connectivity index (χ0v) is 14.8. The van der Waals surface area contributed by atoms with Crippen molar-refractivity contribution in [2.24, 2.45) is 0 Å². The molecule has 0 saturated carbocycles. The topological polar surface area (TPSA) is 46.5 Å². The van der Waals surface area contributed by atoms with Gasteiger partial charge in [0.15, 0.2) is 0 Å². The van der Waals surface area contributed by atoms with E-state index in [9.17, 15) is 9.90 Å². The van der Waals surface area contributed by atoms with Crippen LogP contribution in [0.25, 0.3) is 4.91 Å². The summed E-state index contributed by atoms with van der Waals surface area (Å²) in [6.45, 7) is 1.39. The molecule has 0 aromatic heterocycles. The Morgan fingerprint density at radius 3 is 2.48 bits per heavy atom. The number of phenolic OH excluding ortho intramolecular Hbond substituents is 1. The summed E-state index contributed by atoms with van der Waals surface area (Å²) in [5.74, 6) is -0.254. The highest BCUT2D eigenvalue weighted by atomic mass is 79.9. The van der Waals surface area contributed by atoms with Crippen LogP contribution in [-0.2, 0) is 8.98 Å². The lowest BCUT2D eigenvalue weighted by Crippen LogP contribution is -2.08. The first kappa shape index (κ1) is 15.9. The largest absolute Gasteiger partial charge is 0.507 e. The molecule has 0 fully saturated rings. The Bertz CT molecular complexity index is 811. The van der Waals surface area contributed by atoms with Gasteiger partial charge in [-0.2, -0.15) is 0 Å². The lowest BCUT2D eigenvalue weighted by Gasteiger charge is -2.36. The van der Waals surface area contributed by atoms with Crippen LogP contribution in [0.1, 0.15) is 12.5 Å². The smallest absolute Gasteiger partial charge is 0.313 e. The third-order valence-corrected chi connectivity index (χ3v) is 7.00. The van der Waals surface area contributed by atoms with Gasteiger partial charge in [-0.05, 0) is 51.6 Å². The fourth-order valence-corrected chi connectivity index (χ4v) is 5.63. The molecule has 3 nitrogen and oxygen atoms in total. The fourth-order valence-electron chi connectivity index (χ4n) is 2.51. The van der Waals surface area contributed by atoms with E-state index < -0.39 is 10.3 Å². The molecule has 1 N–H and O–H groups in total. The molecular weight excluding hydrogens is 376 g/mol. The highest BCUT2D eigenvalue weighted by molar-refractivity contribution is 9.10. The average molecular weight is 391 g/mol. The first-order chi connectivity index (χ1) is 11.0. The van der Waals surface area contributed by atoms with E-state index in [1.807, 2.05) is 47.9 Å². The lowest BCUT2D eigenvalue weighted by atomic mass is 10.2. The molecule has 0 amide bonds. The van der Waals surface area contributed by atoms with E-state index in [0.717, 1.165) is 14.9 Å². The number of carbonyl (C=O) groups excluding carboxylic acids is 1. The predicted octanol–water partition coefficient (Wildman–Crippen LogP) is 5.36. The quantitative estimate of drug-likeness (QED) is 0.766. The number of rotatable bonds is 3. The first-order valence-electron chi connectivity index (χ1n) is 6.99. The SMILES string of the molecule is CC(=O)OS1(c2ccccc2O)C=CC=C1c1ccc(Br)cc1. The minimum absolute atomic E-state index is 0.123. The average Bonchev–Trinajstić information content (AvgIpc) is 2.92. The van der Waals surface area contributed by atoms with E-state index in [1.165, 1.54) is 6.92 Å². The van der Waals surface area contributed by atoms with Crippen LogP contribution in [0.2, 0.25) is 0 Å². The molecule has 2 aromatic rings. The van der Waals surface area contributed by atoms with E-state index in [2.05, 4.69) is 15.9 Å². The van der Waals surface area contributed by atoms with E-state index in [0.29, 0.717) is 4.90 Å². The third-order valence-electron chi connectivity index (χ3n) is 3.41. The van der Waals surface area contributed by atoms with Crippen LogP contribution in [0.5, 0.6) is 5.75 Å². The molecule has 0 radical (unpaired) electrons. The van der Waals surface area contributed by atoms with Crippen molar-refractivity contribution < 1.29 is 14.1 Å². The van der Waals surface area contributed by atoms with Gasteiger partial charge in [-0.25, -0.2) is 0 Å². The summed E-state index contributed by atoms with van der Waals surface area (Å²) in [4.78, 5) is 13.3. The molecule has 0 aliphatic carbocycles. The number of para-hydroxylation sites is 1. The van der Waals surface area contributed by atoms with Gasteiger partial charge in [0.2, 0.25) is 0 Å². The van der Waals surface area contributed by atoms with Crippen LogP contribution < -0.4 is 0 Å². The lowest BCUT2D eigenvalue weighted by molar-refractivity contribution is -0.130. The van der Waals surface area contributed by atoms with Gasteiger partial charge in [0.1, 0.15) is 5.75 Å². The highest BCUT2D eigenvalue weighted by Crippen LogP contribution is 2.71. The highest BCUT2D eigenvalue weighted by Gasteiger charge is 2.37. The third kappa shape index (κ3) is 2.94. The van der Waals surface area contributed by atoms with Crippen molar-refractivity contribution in [3.8, 4) is 5.75 Å². The molecule has 5 heteroatoms. The summed E-state index contributed by atoms with van der Waals surface area (Å²) >= 11 is 3.43. The van der Waals surface area contributed by atoms with Gasteiger partial charge >= 0.3 is 5.97 Å². The van der Waals surface area contributed by atoms with Gasteiger partial charge in [0.05, 0.1) is 4.90 Å². The molecule has 1 heterocycles.